The molecule has 2 aliphatic carbocycles. The molecule has 9 rings (SSSR count). The third kappa shape index (κ3) is 5.48. The molecule has 0 spiro atoms. The highest BCUT2D eigenvalue weighted by Crippen LogP contribution is 2.39. The van der Waals surface area contributed by atoms with Crippen LogP contribution < -0.4 is 15.8 Å². The number of ether oxygens (including phenoxy) is 2. The van der Waals surface area contributed by atoms with Crippen LogP contribution in [-0.2, 0) is 16.0 Å². The zero-order valence-electron chi connectivity index (χ0n) is 26.6. The van der Waals surface area contributed by atoms with Gasteiger partial charge in [-0.1, -0.05) is 6.07 Å². The van der Waals surface area contributed by atoms with Crippen molar-refractivity contribution in [3.63, 3.8) is 0 Å². The molecular weight excluding hydrogens is 632 g/mol. The summed E-state index contributed by atoms with van der Waals surface area (Å²) in [5.74, 6) is 2.23. The van der Waals surface area contributed by atoms with Gasteiger partial charge in [-0.2, -0.15) is 8.78 Å². The Morgan fingerprint density at radius 1 is 1.04 bits per heavy atom. The van der Waals surface area contributed by atoms with E-state index in [4.69, 9.17) is 20.4 Å². The normalized spacial score (nSPS) is 23.3. The number of piperidine rings is 1. The lowest BCUT2D eigenvalue weighted by Crippen LogP contribution is -2.61. The quantitative estimate of drug-likeness (QED) is 0.248. The van der Waals surface area contributed by atoms with Crippen LogP contribution in [0.1, 0.15) is 36.4 Å². The third-order valence-electron chi connectivity index (χ3n) is 10.3. The van der Waals surface area contributed by atoms with Crippen LogP contribution in [0.15, 0.2) is 60.9 Å². The number of benzene rings is 1. The number of rotatable bonds is 8. The number of carbonyl (C=O) groups excluding carboxylic acids is 1. The highest BCUT2D eigenvalue weighted by atomic mass is 19.3. The average molecular weight is 668 g/mol. The molecule has 5 aromatic rings. The van der Waals surface area contributed by atoms with Gasteiger partial charge in [0.05, 0.1) is 18.8 Å². The molecule has 2 bridgehead atoms. The first-order valence-corrected chi connectivity index (χ1v) is 16.8. The summed E-state index contributed by atoms with van der Waals surface area (Å²) in [6, 6.07) is 15.5. The van der Waals surface area contributed by atoms with Gasteiger partial charge in [-0.05, 0) is 73.2 Å². The van der Waals surface area contributed by atoms with Crippen molar-refractivity contribution < 1.29 is 23.0 Å². The molecule has 3 fully saturated rings. The largest absolute Gasteiger partial charge is 0.415 e. The van der Waals surface area contributed by atoms with Gasteiger partial charge >= 0.3 is 6.61 Å². The molecule has 252 valence electrons. The van der Waals surface area contributed by atoms with E-state index < -0.39 is 6.61 Å². The van der Waals surface area contributed by atoms with E-state index in [-0.39, 0.29) is 29.7 Å². The Morgan fingerprint density at radius 3 is 2.65 bits per heavy atom. The summed E-state index contributed by atoms with van der Waals surface area (Å²) in [6.07, 6.45) is 7.08. The van der Waals surface area contributed by atoms with Gasteiger partial charge in [-0.25, -0.2) is 19.6 Å². The number of halogens is 2. The highest BCUT2D eigenvalue weighted by Gasteiger charge is 2.45. The average Bonchev–Trinajstić information content (AvgIpc) is 3.53. The van der Waals surface area contributed by atoms with Gasteiger partial charge in [0, 0.05) is 67.1 Å². The number of likely N-dealkylation sites (tertiary alicyclic amines) is 1. The molecular formula is C35H35F2N9O3. The first-order valence-electron chi connectivity index (χ1n) is 16.8. The molecule has 6 heterocycles. The van der Waals surface area contributed by atoms with Crippen molar-refractivity contribution in [1.82, 2.24) is 39.5 Å². The standard InChI is InChI=1S/C35H35F2N9O3/c36-35(37)49-29-11-13-45(43-29)28-10-9-27-33(42-28)46(32(41-27)25-2-1-12-39-31(25)38)23-6-7-24-20(14-23)5-8-26(24)40-30-21-15-44(34(47)19-3-4-19)16-22(30)18-48-17-21/h1-2,6-7,9-14,19,21-22,26,30,35,40H,3-5,8,15-18H2,(H2,38,39)/t21-,22+,26-,30?/m0/s1. The summed E-state index contributed by atoms with van der Waals surface area (Å²) in [5, 5.41) is 8.12. The van der Waals surface area contributed by atoms with E-state index >= 15 is 0 Å². The van der Waals surface area contributed by atoms with Crippen LogP contribution in [0.3, 0.4) is 0 Å². The second kappa shape index (κ2) is 11.9. The molecule has 14 heteroatoms. The maximum atomic E-state index is 12.9. The maximum Gasteiger partial charge on any atom is 0.388 e. The molecule has 1 aromatic carbocycles. The van der Waals surface area contributed by atoms with Crippen LogP contribution in [0.25, 0.3) is 34.1 Å². The van der Waals surface area contributed by atoms with Crippen molar-refractivity contribution in [3.05, 3.63) is 72.1 Å². The van der Waals surface area contributed by atoms with Crippen molar-refractivity contribution in [2.75, 3.05) is 32.0 Å². The van der Waals surface area contributed by atoms with Crippen LogP contribution in [0.5, 0.6) is 5.88 Å². The predicted octanol–water partition coefficient (Wildman–Crippen LogP) is 4.31. The number of nitrogen functional groups attached to an aromatic ring is 1. The van der Waals surface area contributed by atoms with Gasteiger partial charge in [0.25, 0.3) is 0 Å². The smallest absolute Gasteiger partial charge is 0.388 e. The number of amides is 1. The van der Waals surface area contributed by atoms with Gasteiger partial charge in [0.2, 0.25) is 11.8 Å². The Bertz CT molecular complexity index is 2050. The van der Waals surface area contributed by atoms with Gasteiger partial charge < -0.3 is 25.4 Å². The third-order valence-corrected chi connectivity index (χ3v) is 10.3. The van der Waals surface area contributed by atoms with Gasteiger partial charge in [-0.3, -0.25) is 9.36 Å². The van der Waals surface area contributed by atoms with Crippen molar-refractivity contribution >= 4 is 22.9 Å². The lowest BCUT2D eigenvalue weighted by molar-refractivity contribution is -0.142. The second-order valence-electron chi connectivity index (χ2n) is 13.4. The minimum atomic E-state index is -2.98. The van der Waals surface area contributed by atoms with E-state index in [0.29, 0.717) is 59.4 Å². The molecule has 4 atom stereocenters. The molecule has 3 N–H and O–H groups in total. The molecule has 1 amide bonds. The molecule has 49 heavy (non-hydrogen) atoms. The second-order valence-corrected chi connectivity index (χ2v) is 13.4. The number of nitrogens with zero attached hydrogens (tertiary/aromatic N) is 7. The number of nitrogens with two attached hydrogens (primary N) is 1. The Balaban J connectivity index is 1.05. The molecule has 12 nitrogen and oxygen atoms in total. The number of imidazole rings is 1. The van der Waals surface area contributed by atoms with Crippen LogP contribution >= 0.6 is 0 Å². The van der Waals surface area contributed by atoms with E-state index in [9.17, 15) is 13.6 Å². The fourth-order valence-corrected chi connectivity index (χ4v) is 7.82. The van der Waals surface area contributed by atoms with Crippen LogP contribution in [-0.4, -0.2) is 79.1 Å². The Morgan fingerprint density at radius 2 is 1.88 bits per heavy atom. The fourth-order valence-electron chi connectivity index (χ4n) is 7.82. The van der Waals surface area contributed by atoms with Gasteiger partial charge in [-0.15, -0.1) is 5.10 Å². The van der Waals surface area contributed by atoms with Crippen molar-refractivity contribution in [2.45, 2.75) is 44.4 Å². The summed E-state index contributed by atoms with van der Waals surface area (Å²) in [6.45, 7) is -0.132. The number of hydrogen-bond acceptors (Lipinski definition) is 9. The van der Waals surface area contributed by atoms with Crippen LogP contribution in [0.4, 0.5) is 14.6 Å². The molecule has 2 aliphatic heterocycles. The fraction of sp³-hybridized carbons (Fsp3) is 0.400. The van der Waals surface area contributed by atoms with Crippen LogP contribution in [0, 0.1) is 17.8 Å². The number of aryl methyl sites for hydroxylation is 1. The number of hydrogen-bond donors (Lipinski definition) is 2. The zero-order valence-corrected chi connectivity index (χ0v) is 26.6. The van der Waals surface area contributed by atoms with Crippen molar-refractivity contribution in [3.8, 4) is 28.8 Å². The first-order chi connectivity index (χ1) is 23.9. The number of alkyl halides is 2. The summed E-state index contributed by atoms with van der Waals surface area (Å²) in [7, 11) is 0. The maximum absolute atomic E-state index is 12.9. The van der Waals surface area contributed by atoms with Crippen molar-refractivity contribution in [2.24, 2.45) is 17.8 Å². The summed E-state index contributed by atoms with van der Waals surface area (Å²) < 4.78 is 39.4. The number of aromatic nitrogens is 6. The van der Waals surface area contributed by atoms with E-state index in [1.807, 2.05) is 22.8 Å². The van der Waals surface area contributed by atoms with Crippen molar-refractivity contribution in [1.29, 1.82) is 0 Å². The Labute approximate surface area is 280 Å². The minimum absolute atomic E-state index is 0.199. The van der Waals surface area contributed by atoms with Crippen LogP contribution in [0.2, 0.25) is 0 Å². The predicted molar refractivity (Wildman–Crippen MR) is 175 cm³/mol. The van der Waals surface area contributed by atoms with E-state index in [1.54, 1.807) is 12.3 Å². The summed E-state index contributed by atoms with van der Waals surface area (Å²) in [5.41, 5.74) is 11.6. The molecule has 1 saturated carbocycles. The lowest BCUT2D eigenvalue weighted by Gasteiger charge is -2.48. The lowest BCUT2D eigenvalue weighted by atomic mass is 9.81. The highest BCUT2D eigenvalue weighted by molar-refractivity contribution is 5.83. The number of anilines is 1. The van der Waals surface area contributed by atoms with Gasteiger partial charge in [0.15, 0.2) is 17.3 Å². The first kappa shape index (κ1) is 30.1. The molecule has 1 unspecified atom stereocenters. The molecule has 4 aromatic heterocycles. The van der Waals surface area contributed by atoms with Gasteiger partial charge in [0.1, 0.15) is 11.3 Å². The molecule has 2 saturated heterocycles. The Kier molecular flexibility index (Phi) is 7.31. The van der Waals surface area contributed by atoms with E-state index in [2.05, 4.69) is 43.2 Å². The monoisotopic (exact) mass is 667 g/mol. The Hall–Kier alpha value is -4.95. The number of carbonyl (C=O) groups is 1. The number of pyridine rings is 2. The zero-order chi connectivity index (χ0) is 33.2. The summed E-state index contributed by atoms with van der Waals surface area (Å²) in [4.78, 5) is 29.1. The molecule has 4 aliphatic rings. The van der Waals surface area contributed by atoms with E-state index in [0.717, 1.165) is 44.5 Å². The SMILES string of the molecule is Nc1ncccc1-c1nc2ccc(-n3ccc(OC(F)F)n3)nc2n1-c1ccc2c(c1)CC[C@@H]2NC1[C@@H]2COC[C@H]1CN(C(=O)C1CC1)C2. The minimum Gasteiger partial charge on any atom is -0.415 e. The number of nitrogens with one attached hydrogen (secondary N) is 1. The number of fused-ring (bicyclic) bond motifs is 4. The molecule has 0 radical (unpaired) electrons. The van der Waals surface area contributed by atoms with E-state index in [1.165, 1.54) is 28.1 Å². The topological polar surface area (TPSA) is 138 Å². The summed E-state index contributed by atoms with van der Waals surface area (Å²) >= 11 is 0.